The van der Waals surface area contributed by atoms with Crippen LogP contribution in [-0.2, 0) is 14.8 Å². The highest BCUT2D eigenvalue weighted by Gasteiger charge is 2.30. The minimum absolute atomic E-state index is 0.0282. The van der Waals surface area contributed by atoms with Gasteiger partial charge < -0.3 is 9.47 Å². The first-order valence-electron chi connectivity index (χ1n) is 10.1. The smallest absolute Gasteiger partial charge is 0.264 e. The molecule has 0 unspecified atom stereocenters. The Balaban J connectivity index is 1.94. The van der Waals surface area contributed by atoms with Crippen molar-refractivity contribution < 1.29 is 22.7 Å². The first-order valence-corrected chi connectivity index (χ1v) is 12.0. The van der Waals surface area contributed by atoms with Gasteiger partial charge in [-0.05, 0) is 48.9 Å². The van der Waals surface area contributed by atoms with E-state index in [1.807, 2.05) is 6.92 Å². The molecule has 0 spiro atoms. The molecule has 0 fully saturated rings. The van der Waals surface area contributed by atoms with Crippen molar-refractivity contribution in [1.29, 1.82) is 0 Å². The average molecular weight is 502 g/mol. The highest BCUT2D eigenvalue weighted by molar-refractivity contribution is 7.92. The maximum atomic E-state index is 13.6. The first-order chi connectivity index (χ1) is 16.2. The highest BCUT2D eigenvalue weighted by atomic mass is 35.5. The number of carbonyl (C=O) groups excluding carboxylic acids is 1. The maximum absolute atomic E-state index is 13.6. The summed E-state index contributed by atoms with van der Waals surface area (Å²) < 4.78 is 38.7. The number of hydrazone groups is 1. The van der Waals surface area contributed by atoms with Crippen molar-refractivity contribution in [3.8, 4) is 11.5 Å². The van der Waals surface area contributed by atoms with Crippen LogP contribution in [0.5, 0.6) is 11.5 Å². The second kappa shape index (κ2) is 11.0. The van der Waals surface area contributed by atoms with Crippen LogP contribution in [-0.4, -0.2) is 41.3 Å². The number of ether oxygens (including phenoxy) is 2. The molecule has 0 saturated carbocycles. The molecule has 0 bridgehead atoms. The van der Waals surface area contributed by atoms with Crippen molar-refractivity contribution in [2.24, 2.45) is 5.10 Å². The number of methoxy groups -OCH3 is 2. The summed E-state index contributed by atoms with van der Waals surface area (Å²) in [5, 5.41) is 4.49. The lowest BCUT2D eigenvalue weighted by atomic mass is 10.2. The topological polar surface area (TPSA) is 97.3 Å². The van der Waals surface area contributed by atoms with Crippen molar-refractivity contribution in [2.75, 3.05) is 25.1 Å². The Hall–Kier alpha value is -3.56. The van der Waals surface area contributed by atoms with Gasteiger partial charge in [-0.1, -0.05) is 41.4 Å². The predicted octanol–water partition coefficient (Wildman–Crippen LogP) is 4.01. The van der Waals surface area contributed by atoms with Crippen molar-refractivity contribution in [1.82, 2.24) is 5.43 Å². The van der Waals surface area contributed by atoms with Gasteiger partial charge in [0, 0.05) is 11.1 Å². The first kappa shape index (κ1) is 25.1. The second-order valence-electron chi connectivity index (χ2n) is 7.21. The van der Waals surface area contributed by atoms with E-state index in [0.29, 0.717) is 16.3 Å². The predicted molar refractivity (Wildman–Crippen MR) is 132 cm³/mol. The summed E-state index contributed by atoms with van der Waals surface area (Å²) in [4.78, 5) is 12.8. The molecule has 3 aromatic carbocycles. The summed E-state index contributed by atoms with van der Waals surface area (Å²) in [7, 11) is -1.26. The van der Waals surface area contributed by atoms with E-state index in [2.05, 4.69) is 10.5 Å². The van der Waals surface area contributed by atoms with Gasteiger partial charge in [0.05, 0.1) is 31.0 Å². The molecule has 0 heterocycles. The van der Waals surface area contributed by atoms with Crippen molar-refractivity contribution in [3.63, 3.8) is 0 Å². The summed E-state index contributed by atoms with van der Waals surface area (Å²) in [6.45, 7) is 1.31. The molecule has 0 aliphatic heterocycles. The number of halogens is 1. The van der Waals surface area contributed by atoms with Gasteiger partial charge in [0.25, 0.3) is 15.9 Å². The van der Waals surface area contributed by atoms with E-state index >= 15 is 0 Å². The van der Waals surface area contributed by atoms with Crippen molar-refractivity contribution in [2.45, 2.75) is 11.8 Å². The maximum Gasteiger partial charge on any atom is 0.264 e. The molecular formula is C24H24ClN3O5S. The minimum atomic E-state index is -4.14. The van der Waals surface area contributed by atoms with Crippen LogP contribution in [0.2, 0.25) is 5.02 Å². The summed E-state index contributed by atoms with van der Waals surface area (Å²) >= 11 is 5.86. The molecule has 3 rings (SSSR count). The fourth-order valence-corrected chi connectivity index (χ4v) is 4.57. The Kier molecular flexibility index (Phi) is 8.14. The lowest BCUT2D eigenvalue weighted by Crippen LogP contribution is -2.39. The summed E-state index contributed by atoms with van der Waals surface area (Å²) in [6.07, 6.45) is 1.43. The molecule has 0 aromatic heterocycles. The monoisotopic (exact) mass is 501 g/mol. The average Bonchev–Trinajstić information content (AvgIpc) is 2.83. The van der Waals surface area contributed by atoms with Gasteiger partial charge in [-0.25, -0.2) is 13.8 Å². The third kappa shape index (κ3) is 6.06. The molecular weight excluding hydrogens is 478 g/mol. The Morgan fingerprint density at radius 2 is 1.71 bits per heavy atom. The molecule has 0 aliphatic rings. The Labute approximate surface area is 203 Å². The zero-order chi connectivity index (χ0) is 24.7. The van der Waals surface area contributed by atoms with E-state index in [1.165, 1.54) is 38.6 Å². The Bertz CT molecular complexity index is 1280. The van der Waals surface area contributed by atoms with Crippen LogP contribution < -0.4 is 19.2 Å². The molecule has 3 aromatic rings. The van der Waals surface area contributed by atoms with E-state index in [-0.39, 0.29) is 16.3 Å². The molecule has 0 saturated heterocycles. The van der Waals surface area contributed by atoms with Crippen LogP contribution in [0.3, 0.4) is 0 Å². The zero-order valence-electron chi connectivity index (χ0n) is 18.9. The zero-order valence-corrected chi connectivity index (χ0v) is 20.4. The largest absolute Gasteiger partial charge is 0.497 e. The van der Waals surface area contributed by atoms with E-state index in [0.717, 1.165) is 9.87 Å². The number of rotatable bonds is 9. The van der Waals surface area contributed by atoms with Gasteiger partial charge in [-0.3, -0.25) is 9.10 Å². The second-order valence-corrected chi connectivity index (χ2v) is 9.51. The SMILES string of the molecule is COc1ccc(OC)c(N(CC(=O)N/N=C\c2ccc(Cl)cc2)S(=O)(=O)c2ccc(C)cc2)c1. The lowest BCUT2D eigenvalue weighted by Gasteiger charge is -2.25. The van der Waals surface area contributed by atoms with Crippen LogP contribution in [0.4, 0.5) is 5.69 Å². The molecule has 0 atom stereocenters. The molecule has 0 aliphatic carbocycles. The van der Waals surface area contributed by atoms with E-state index in [4.69, 9.17) is 21.1 Å². The van der Waals surface area contributed by atoms with Gasteiger partial charge in [0.2, 0.25) is 0 Å². The number of amides is 1. The number of benzene rings is 3. The Morgan fingerprint density at radius 3 is 2.32 bits per heavy atom. The van der Waals surface area contributed by atoms with Gasteiger partial charge in [0.15, 0.2) is 0 Å². The quantitative estimate of drug-likeness (QED) is 0.353. The van der Waals surface area contributed by atoms with Crippen molar-refractivity contribution >= 4 is 39.4 Å². The number of hydrogen-bond donors (Lipinski definition) is 1. The number of carbonyl (C=O) groups is 1. The van der Waals surface area contributed by atoms with Crippen molar-refractivity contribution in [3.05, 3.63) is 82.9 Å². The van der Waals surface area contributed by atoms with Crippen LogP contribution in [0.1, 0.15) is 11.1 Å². The van der Waals surface area contributed by atoms with Gasteiger partial charge in [-0.2, -0.15) is 5.10 Å². The molecule has 178 valence electrons. The normalized spacial score (nSPS) is 11.3. The van der Waals surface area contributed by atoms with E-state index in [1.54, 1.807) is 48.5 Å². The fourth-order valence-electron chi connectivity index (χ4n) is 3.02. The number of nitrogens with zero attached hydrogens (tertiary/aromatic N) is 2. The minimum Gasteiger partial charge on any atom is -0.497 e. The number of hydrogen-bond acceptors (Lipinski definition) is 6. The number of anilines is 1. The summed E-state index contributed by atoms with van der Waals surface area (Å²) in [6, 6.07) is 17.9. The summed E-state index contributed by atoms with van der Waals surface area (Å²) in [5.41, 5.74) is 4.13. The van der Waals surface area contributed by atoms with Crippen LogP contribution >= 0.6 is 11.6 Å². The highest BCUT2D eigenvalue weighted by Crippen LogP contribution is 2.35. The molecule has 8 nitrogen and oxygen atoms in total. The van der Waals surface area contributed by atoms with E-state index < -0.39 is 22.5 Å². The third-order valence-corrected chi connectivity index (χ3v) is 6.85. The summed E-state index contributed by atoms with van der Waals surface area (Å²) in [5.74, 6) is 0.0146. The molecule has 1 amide bonds. The standard InChI is InChI=1S/C24H24ClN3O5S/c1-17-4-11-21(12-5-17)34(30,31)28(22-14-20(32-2)10-13-23(22)33-3)16-24(29)27-26-15-18-6-8-19(25)9-7-18/h4-15H,16H2,1-3H3,(H,27,29)/b26-15-. The van der Waals surface area contributed by atoms with Crippen LogP contribution in [0.15, 0.2) is 76.7 Å². The Morgan fingerprint density at radius 1 is 1.03 bits per heavy atom. The third-order valence-electron chi connectivity index (χ3n) is 4.82. The number of nitrogens with one attached hydrogen (secondary N) is 1. The van der Waals surface area contributed by atoms with Gasteiger partial charge in [0.1, 0.15) is 18.0 Å². The van der Waals surface area contributed by atoms with E-state index in [9.17, 15) is 13.2 Å². The fraction of sp³-hybridized carbons (Fsp3) is 0.167. The molecule has 34 heavy (non-hydrogen) atoms. The lowest BCUT2D eigenvalue weighted by molar-refractivity contribution is -0.119. The van der Waals surface area contributed by atoms with Crippen LogP contribution in [0, 0.1) is 6.92 Å². The van der Waals surface area contributed by atoms with Gasteiger partial charge in [-0.15, -0.1) is 0 Å². The van der Waals surface area contributed by atoms with Crippen LogP contribution in [0.25, 0.3) is 0 Å². The number of aryl methyl sites for hydroxylation is 1. The molecule has 0 radical (unpaired) electrons. The molecule has 10 heteroatoms. The van der Waals surface area contributed by atoms with Gasteiger partial charge >= 0.3 is 0 Å². The molecule has 1 N–H and O–H groups in total. The number of sulfonamides is 1.